The van der Waals surface area contributed by atoms with Crippen LogP contribution in [0.1, 0.15) is 37.5 Å². The lowest BCUT2D eigenvalue weighted by Gasteiger charge is -2.41. The molecule has 2 N–H and O–H groups in total. The van der Waals surface area contributed by atoms with Crippen molar-refractivity contribution in [1.82, 2.24) is 20.4 Å². The Labute approximate surface area is 192 Å². The Kier molecular flexibility index (Phi) is 5.97. The van der Waals surface area contributed by atoms with Gasteiger partial charge < -0.3 is 10.6 Å². The summed E-state index contributed by atoms with van der Waals surface area (Å²) in [6.45, 7) is 7.40. The number of imide groups is 1. The molecule has 1 unspecified atom stereocenters. The van der Waals surface area contributed by atoms with Crippen molar-refractivity contribution in [2.24, 2.45) is 0 Å². The highest BCUT2D eigenvalue weighted by Crippen LogP contribution is 2.29. The normalized spacial score (nSPS) is 21.0. The van der Waals surface area contributed by atoms with Crippen LogP contribution < -0.4 is 10.6 Å². The Morgan fingerprint density at radius 3 is 2.48 bits per heavy atom. The number of carbonyl (C=O) groups excluding carboxylic acids is 3. The van der Waals surface area contributed by atoms with Crippen LogP contribution in [0, 0.1) is 5.82 Å². The maximum atomic E-state index is 13.3. The number of nitrogens with zero attached hydrogens (tertiary/aromatic N) is 2. The van der Waals surface area contributed by atoms with E-state index in [1.807, 2.05) is 6.07 Å². The van der Waals surface area contributed by atoms with E-state index in [9.17, 15) is 18.8 Å². The van der Waals surface area contributed by atoms with Crippen LogP contribution in [-0.2, 0) is 28.1 Å². The van der Waals surface area contributed by atoms with E-state index >= 15 is 0 Å². The van der Waals surface area contributed by atoms with E-state index in [1.165, 1.54) is 35.4 Å². The summed E-state index contributed by atoms with van der Waals surface area (Å²) >= 11 is 0. The molecule has 2 aliphatic heterocycles. The second-order valence-corrected chi connectivity index (χ2v) is 9.48. The Bertz CT molecular complexity index is 1090. The molecule has 33 heavy (non-hydrogen) atoms. The molecule has 2 aromatic rings. The molecule has 0 aliphatic carbocycles. The first kappa shape index (κ1) is 22.9. The minimum absolute atomic E-state index is 0.302. The fraction of sp³-hybridized carbons (Fsp3) is 0.400. The smallest absolute Gasteiger partial charge is 0.325 e. The summed E-state index contributed by atoms with van der Waals surface area (Å²) in [5.41, 5.74) is 1.46. The first-order valence-electron chi connectivity index (χ1n) is 11.1. The predicted octanol–water partition coefficient (Wildman–Crippen LogP) is 2.55. The molecule has 2 heterocycles. The van der Waals surface area contributed by atoms with Crippen molar-refractivity contribution >= 4 is 17.8 Å². The molecule has 174 valence electrons. The second-order valence-electron chi connectivity index (χ2n) is 9.48. The molecule has 1 saturated heterocycles. The SMILES string of the molecule is CC1(c2ccc(F)cc2)NC(=O)N(CC(=O)NCC(C)(C)N2CCc3ccccc3C2)C1=O. The molecule has 7 nitrogen and oxygen atoms in total. The zero-order chi connectivity index (χ0) is 23.8. The van der Waals surface area contributed by atoms with E-state index in [4.69, 9.17) is 0 Å². The van der Waals surface area contributed by atoms with Crippen LogP contribution in [0.25, 0.3) is 0 Å². The van der Waals surface area contributed by atoms with Gasteiger partial charge in [-0.2, -0.15) is 0 Å². The van der Waals surface area contributed by atoms with Crippen LogP contribution in [-0.4, -0.2) is 52.8 Å². The Morgan fingerprint density at radius 1 is 1.12 bits per heavy atom. The molecule has 0 bridgehead atoms. The van der Waals surface area contributed by atoms with Crippen molar-refractivity contribution in [3.63, 3.8) is 0 Å². The van der Waals surface area contributed by atoms with Gasteiger partial charge in [0.1, 0.15) is 17.9 Å². The summed E-state index contributed by atoms with van der Waals surface area (Å²) in [7, 11) is 0. The van der Waals surface area contributed by atoms with Gasteiger partial charge in [-0.05, 0) is 56.0 Å². The summed E-state index contributed by atoms with van der Waals surface area (Å²) in [5.74, 6) is -1.39. The van der Waals surface area contributed by atoms with E-state index < -0.39 is 29.2 Å². The monoisotopic (exact) mass is 452 g/mol. The molecule has 1 atom stereocenters. The highest BCUT2D eigenvalue weighted by molar-refractivity contribution is 6.09. The highest BCUT2D eigenvalue weighted by Gasteiger charge is 2.49. The molecule has 2 aliphatic rings. The van der Waals surface area contributed by atoms with Crippen molar-refractivity contribution in [3.8, 4) is 0 Å². The standard InChI is InChI=1S/C25H29FN4O3/c1-24(2,29-13-12-17-6-4-5-7-18(17)14-29)16-27-21(31)15-30-22(32)25(3,28-23(30)33)19-8-10-20(26)11-9-19/h4-11H,12-16H2,1-3H3,(H,27,31)(H,28,33). The van der Waals surface area contributed by atoms with Crippen LogP contribution in [0.4, 0.5) is 9.18 Å². The number of fused-ring (bicyclic) bond motifs is 1. The molecular weight excluding hydrogens is 423 g/mol. The van der Waals surface area contributed by atoms with Gasteiger partial charge in [0.25, 0.3) is 5.91 Å². The summed E-state index contributed by atoms with van der Waals surface area (Å²) in [4.78, 5) is 41.3. The van der Waals surface area contributed by atoms with Crippen molar-refractivity contribution in [2.45, 2.75) is 44.8 Å². The largest absolute Gasteiger partial charge is 0.353 e. The zero-order valence-corrected chi connectivity index (χ0v) is 19.2. The molecule has 2 aromatic carbocycles. The number of rotatable bonds is 6. The van der Waals surface area contributed by atoms with Crippen molar-refractivity contribution in [1.29, 1.82) is 0 Å². The van der Waals surface area contributed by atoms with E-state index in [0.717, 1.165) is 24.4 Å². The maximum Gasteiger partial charge on any atom is 0.325 e. The molecule has 0 saturated carbocycles. The molecule has 0 radical (unpaired) electrons. The maximum absolute atomic E-state index is 13.3. The van der Waals surface area contributed by atoms with Gasteiger partial charge in [0.15, 0.2) is 0 Å². The van der Waals surface area contributed by atoms with Gasteiger partial charge in [0.05, 0.1) is 0 Å². The summed E-state index contributed by atoms with van der Waals surface area (Å²) < 4.78 is 13.3. The number of halogens is 1. The zero-order valence-electron chi connectivity index (χ0n) is 19.2. The third-order valence-corrected chi connectivity index (χ3v) is 6.70. The number of amides is 4. The number of carbonyl (C=O) groups is 3. The van der Waals surface area contributed by atoms with Gasteiger partial charge in [0.2, 0.25) is 5.91 Å². The Morgan fingerprint density at radius 2 is 1.79 bits per heavy atom. The van der Waals surface area contributed by atoms with Crippen LogP contribution in [0.15, 0.2) is 48.5 Å². The third-order valence-electron chi connectivity index (χ3n) is 6.70. The van der Waals surface area contributed by atoms with Crippen molar-refractivity contribution in [3.05, 3.63) is 71.0 Å². The van der Waals surface area contributed by atoms with Gasteiger partial charge >= 0.3 is 6.03 Å². The van der Waals surface area contributed by atoms with Gasteiger partial charge in [-0.3, -0.25) is 19.4 Å². The average Bonchev–Trinajstić information content (AvgIpc) is 3.01. The summed E-state index contributed by atoms with van der Waals surface area (Å²) in [5, 5.41) is 5.51. The van der Waals surface area contributed by atoms with E-state index in [0.29, 0.717) is 12.1 Å². The fourth-order valence-corrected chi connectivity index (χ4v) is 4.46. The lowest BCUT2D eigenvalue weighted by atomic mass is 9.92. The number of hydrogen-bond donors (Lipinski definition) is 2. The predicted molar refractivity (Wildman–Crippen MR) is 122 cm³/mol. The van der Waals surface area contributed by atoms with E-state index in [-0.39, 0.29) is 12.1 Å². The minimum atomic E-state index is -1.34. The number of benzene rings is 2. The molecule has 1 fully saturated rings. The van der Waals surface area contributed by atoms with Gasteiger partial charge in [-0.15, -0.1) is 0 Å². The average molecular weight is 453 g/mol. The van der Waals surface area contributed by atoms with Crippen LogP contribution in [0.5, 0.6) is 0 Å². The first-order chi connectivity index (χ1) is 15.6. The van der Waals surface area contributed by atoms with Crippen LogP contribution >= 0.6 is 0 Å². The van der Waals surface area contributed by atoms with Crippen LogP contribution in [0.2, 0.25) is 0 Å². The lowest BCUT2D eigenvalue weighted by Crippen LogP contribution is -2.54. The van der Waals surface area contributed by atoms with Gasteiger partial charge in [-0.1, -0.05) is 36.4 Å². The molecular formula is C25H29FN4O3. The first-order valence-corrected chi connectivity index (χ1v) is 11.1. The third kappa shape index (κ3) is 4.48. The molecule has 0 spiro atoms. The van der Waals surface area contributed by atoms with Crippen LogP contribution in [0.3, 0.4) is 0 Å². The summed E-state index contributed by atoms with van der Waals surface area (Å²) in [6.07, 6.45) is 0.956. The minimum Gasteiger partial charge on any atom is -0.353 e. The number of hydrogen-bond acceptors (Lipinski definition) is 4. The fourth-order valence-electron chi connectivity index (χ4n) is 4.46. The van der Waals surface area contributed by atoms with Gasteiger partial charge in [0, 0.05) is 25.2 Å². The lowest BCUT2D eigenvalue weighted by molar-refractivity contribution is -0.135. The van der Waals surface area contributed by atoms with E-state index in [2.05, 4.69) is 47.6 Å². The van der Waals surface area contributed by atoms with Gasteiger partial charge in [-0.25, -0.2) is 9.18 Å². The van der Waals surface area contributed by atoms with E-state index in [1.54, 1.807) is 6.92 Å². The number of urea groups is 1. The molecule has 0 aromatic heterocycles. The molecule has 8 heteroatoms. The number of nitrogens with one attached hydrogen (secondary N) is 2. The Balaban J connectivity index is 1.36. The van der Waals surface area contributed by atoms with Crippen molar-refractivity contribution < 1.29 is 18.8 Å². The Hall–Kier alpha value is -3.26. The molecule has 4 amide bonds. The highest BCUT2D eigenvalue weighted by atomic mass is 19.1. The second kappa shape index (κ2) is 8.59. The van der Waals surface area contributed by atoms with Crippen molar-refractivity contribution in [2.75, 3.05) is 19.6 Å². The quantitative estimate of drug-likeness (QED) is 0.660. The summed E-state index contributed by atoms with van der Waals surface area (Å²) in [6, 6.07) is 13.1. The molecule has 4 rings (SSSR count). The topological polar surface area (TPSA) is 81.8 Å².